The van der Waals surface area contributed by atoms with Gasteiger partial charge in [0.15, 0.2) is 5.82 Å². The first-order valence-corrected chi connectivity index (χ1v) is 6.52. The van der Waals surface area contributed by atoms with Crippen LogP contribution in [-0.2, 0) is 11.2 Å². The largest absolute Gasteiger partial charge is 0.481 e. The monoisotopic (exact) mass is 279 g/mol. The maximum atomic E-state index is 11.0. The first-order valence-electron chi connectivity index (χ1n) is 6.52. The van der Waals surface area contributed by atoms with E-state index in [1.165, 1.54) is 0 Å². The number of para-hydroxylation sites is 1. The molecule has 0 fully saturated rings. The summed E-state index contributed by atoms with van der Waals surface area (Å²) in [5.74, 6) is 0.00227. The van der Waals surface area contributed by atoms with Gasteiger partial charge in [0.1, 0.15) is 12.2 Å². The molecule has 0 unspecified atom stereocenters. The van der Waals surface area contributed by atoms with Crippen molar-refractivity contribution in [1.29, 1.82) is 0 Å². The second-order valence-electron chi connectivity index (χ2n) is 4.54. The molecule has 0 aliphatic carbocycles. The highest BCUT2D eigenvalue weighted by Crippen LogP contribution is 2.18. The van der Waals surface area contributed by atoms with Gasteiger partial charge < -0.3 is 5.11 Å². The maximum absolute atomic E-state index is 11.0. The minimum absolute atomic E-state index is 0.172. The predicted molar refractivity (Wildman–Crippen MR) is 78.1 cm³/mol. The average Bonchev–Trinajstić information content (AvgIpc) is 2.92. The molecular weight excluding hydrogens is 266 g/mol. The number of carboxylic acids is 1. The van der Waals surface area contributed by atoms with E-state index in [2.05, 4.69) is 10.1 Å². The van der Waals surface area contributed by atoms with E-state index in [0.717, 1.165) is 11.3 Å². The van der Waals surface area contributed by atoms with Crippen LogP contribution in [-0.4, -0.2) is 25.8 Å². The van der Waals surface area contributed by atoms with Crippen LogP contribution in [0.15, 0.2) is 60.7 Å². The van der Waals surface area contributed by atoms with Crippen LogP contribution < -0.4 is 0 Å². The molecule has 5 heteroatoms. The Morgan fingerprint density at radius 3 is 2.24 bits per heavy atom. The van der Waals surface area contributed by atoms with E-state index in [4.69, 9.17) is 5.11 Å². The van der Waals surface area contributed by atoms with Gasteiger partial charge in [-0.2, -0.15) is 0 Å². The Labute approximate surface area is 121 Å². The second kappa shape index (κ2) is 5.58. The van der Waals surface area contributed by atoms with Crippen LogP contribution in [0.5, 0.6) is 0 Å². The first-order chi connectivity index (χ1) is 10.2. The van der Waals surface area contributed by atoms with Crippen LogP contribution >= 0.6 is 0 Å². The quantitative estimate of drug-likeness (QED) is 0.797. The van der Waals surface area contributed by atoms with Crippen LogP contribution in [0.25, 0.3) is 17.1 Å². The lowest BCUT2D eigenvalue weighted by atomic mass is 10.2. The van der Waals surface area contributed by atoms with Crippen molar-refractivity contribution >= 4 is 5.97 Å². The van der Waals surface area contributed by atoms with Crippen molar-refractivity contribution in [3.8, 4) is 17.1 Å². The fourth-order valence-corrected chi connectivity index (χ4v) is 2.08. The average molecular weight is 279 g/mol. The Morgan fingerprint density at radius 1 is 1.00 bits per heavy atom. The number of aliphatic carboxylic acids is 1. The summed E-state index contributed by atoms with van der Waals surface area (Å²) >= 11 is 0. The Hall–Kier alpha value is -2.95. The molecule has 0 aliphatic rings. The van der Waals surface area contributed by atoms with E-state index >= 15 is 0 Å². The number of hydrogen-bond acceptors (Lipinski definition) is 3. The van der Waals surface area contributed by atoms with Crippen molar-refractivity contribution in [2.45, 2.75) is 6.42 Å². The second-order valence-corrected chi connectivity index (χ2v) is 4.54. The van der Waals surface area contributed by atoms with Crippen molar-refractivity contribution in [3.63, 3.8) is 0 Å². The molecule has 3 aromatic rings. The first kappa shape index (κ1) is 13.1. The Kier molecular flexibility index (Phi) is 3.47. The lowest BCUT2D eigenvalue weighted by Crippen LogP contribution is -2.08. The van der Waals surface area contributed by atoms with E-state index in [0.29, 0.717) is 11.6 Å². The third-order valence-corrected chi connectivity index (χ3v) is 3.02. The van der Waals surface area contributed by atoms with E-state index < -0.39 is 5.97 Å². The van der Waals surface area contributed by atoms with Crippen LogP contribution in [0.3, 0.4) is 0 Å². The number of benzene rings is 2. The van der Waals surface area contributed by atoms with Gasteiger partial charge >= 0.3 is 5.97 Å². The minimum Gasteiger partial charge on any atom is -0.481 e. The molecular formula is C16H13N3O2. The highest BCUT2D eigenvalue weighted by molar-refractivity contribution is 5.69. The molecule has 21 heavy (non-hydrogen) atoms. The normalized spacial score (nSPS) is 10.5. The molecule has 0 aliphatic heterocycles. The number of aromatic nitrogens is 3. The van der Waals surface area contributed by atoms with Gasteiger partial charge in [-0.3, -0.25) is 4.79 Å². The summed E-state index contributed by atoms with van der Waals surface area (Å²) in [7, 11) is 0. The summed E-state index contributed by atoms with van der Waals surface area (Å²) in [6, 6.07) is 18.9. The molecule has 1 aromatic heterocycles. The standard InChI is InChI=1S/C16H13N3O2/c20-15(21)11-14-17-16(12-7-3-1-4-8-12)18-19(14)13-9-5-2-6-10-13/h1-10H,11H2,(H,20,21). The fraction of sp³-hybridized carbons (Fsp3) is 0.0625. The van der Waals surface area contributed by atoms with E-state index in [1.54, 1.807) is 4.68 Å². The zero-order valence-corrected chi connectivity index (χ0v) is 11.2. The van der Waals surface area contributed by atoms with Crippen LogP contribution in [0.4, 0.5) is 0 Å². The van der Waals surface area contributed by atoms with Crippen LogP contribution in [0.1, 0.15) is 5.82 Å². The third-order valence-electron chi connectivity index (χ3n) is 3.02. The molecule has 0 bridgehead atoms. The third kappa shape index (κ3) is 2.81. The number of nitrogens with zero attached hydrogens (tertiary/aromatic N) is 3. The summed E-state index contributed by atoms with van der Waals surface area (Å²) < 4.78 is 1.58. The molecule has 0 spiro atoms. The molecule has 0 saturated heterocycles. The predicted octanol–water partition coefficient (Wildman–Crippen LogP) is 2.56. The molecule has 1 N–H and O–H groups in total. The van der Waals surface area contributed by atoms with Gasteiger partial charge in [-0.1, -0.05) is 48.5 Å². The summed E-state index contributed by atoms with van der Waals surface area (Å²) in [4.78, 5) is 15.4. The number of hydrogen-bond donors (Lipinski definition) is 1. The van der Waals surface area contributed by atoms with Crippen molar-refractivity contribution < 1.29 is 9.90 Å². The molecule has 5 nitrogen and oxygen atoms in total. The molecule has 0 atom stereocenters. The van der Waals surface area contributed by atoms with E-state index in [-0.39, 0.29) is 6.42 Å². The molecule has 0 saturated carbocycles. The molecule has 0 radical (unpaired) electrons. The van der Waals surface area contributed by atoms with Gasteiger partial charge in [0.2, 0.25) is 0 Å². The Balaban J connectivity index is 2.10. The summed E-state index contributed by atoms with van der Waals surface area (Å²) in [5, 5.41) is 13.5. The van der Waals surface area contributed by atoms with Gasteiger partial charge in [0.25, 0.3) is 0 Å². The molecule has 1 heterocycles. The minimum atomic E-state index is -0.931. The molecule has 2 aromatic carbocycles. The zero-order chi connectivity index (χ0) is 14.7. The van der Waals surface area contributed by atoms with Crippen molar-refractivity contribution in [2.75, 3.05) is 0 Å². The van der Waals surface area contributed by atoms with Crippen molar-refractivity contribution in [3.05, 3.63) is 66.5 Å². The van der Waals surface area contributed by atoms with Gasteiger partial charge in [0, 0.05) is 5.56 Å². The van der Waals surface area contributed by atoms with Crippen LogP contribution in [0, 0.1) is 0 Å². The Morgan fingerprint density at radius 2 is 1.62 bits per heavy atom. The van der Waals surface area contributed by atoms with Gasteiger partial charge in [0.05, 0.1) is 5.69 Å². The van der Waals surface area contributed by atoms with Crippen molar-refractivity contribution in [1.82, 2.24) is 14.8 Å². The zero-order valence-electron chi connectivity index (χ0n) is 11.2. The summed E-state index contributed by atoms with van der Waals surface area (Å²) in [5.41, 5.74) is 1.65. The van der Waals surface area contributed by atoms with E-state index in [1.807, 2.05) is 60.7 Å². The van der Waals surface area contributed by atoms with E-state index in [9.17, 15) is 4.79 Å². The lowest BCUT2D eigenvalue weighted by molar-refractivity contribution is -0.136. The fourth-order valence-electron chi connectivity index (χ4n) is 2.08. The summed E-state index contributed by atoms with van der Waals surface area (Å²) in [6.07, 6.45) is -0.172. The topological polar surface area (TPSA) is 68.0 Å². The van der Waals surface area contributed by atoms with Gasteiger partial charge in [-0.15, -0.1) is 5.10 Å². The maximum Gasteiger partial charge on any atom is 0.311 e. The molecule has 0 amide bonds. The lowest BCUT2D eigenvalue weighted by Gasteiger charge is -2.03. The number of carbonyl (C=O) groups is 1. The van der Waals surface area contributed by atoms with Crippen molar-refractivity contribution in [2.24, 2.45) is 0 Å². The van der Waals surface area contributed by atoms with Gasteiger partial charge in [-0.25, -0.2) is 9.67 Å². The van der Waals surface area contributed by atoms with Gasteiger partial charge in [-0.05, 0) is 12.1 Å². The number of rotatable bonds is 4. The summed E-state index contributed by atoms with van der Waals surface area (Å²) in [6.45, 7) is 0. The highest BCUT2D eigenvalue weighted by atomic mass is 16.4. The Bertz CT molecular complexity index is 752. The molecule has 104 valence electrons. The highest BCUT2D eigenvalue weighted by Gasteiger charge is 2.15. The smallest absolute Gasteiger partial charge is 0.311 e. The SMILES string of the molecule is O=C(O)Cc1nc(-c2ccccc2)nn1-c1ccccc1. The molecule has 3 rings (SSSR count). The number of carboxylic acid groups (broad SMARTS) is 1. The van der Waals surface area contributed by atoms with Crippen LogP contribution in [0.2, 0.25) is 0 Å².